The number of nitrogens with two attached hydrogens (primary N) is 1. The number of benzene rings is 1. The smallest absolute Gasteiger partial charge is 0.131 e. The maximum Gasteiger partial charge on any atom is 0.131 e. The molecule has 0 heterocycles. The second kappa shape index (κ2) is 2.88. The summed E-state index contributed by atoms with van der Waals surface area (Å²) >= 11 is 0. The van der Waals surface area contributed by atoms with Crippen LogP contribution >= 0.6 is 0 Å². The Labute approximate surface area is 64.5 Å². The van der Waals surface area contributed by atoms with Gasteiger partial charge in [-0.15, -0.1) is 0 Å². The van der Waals surface area contributed by atoms with Gasteiger partial charge in [-0.25, -0.2) is 4.39 Å². The van der Waals surface area contributed by atoms with Crippen LogP contribution in [-0.4, -0.2) is 5.11 Å². The van der Waals surface area contributed by atoms with Crippen molar-refractivity contribution in [3.63, 3.8) is 0 Å². The molecule has 0 spiro atoms. The summed E-state index contributed by atoms with van der Waals surface area (Å²) in [7, 11) is 0. The van der Waals surface area contributed by atoms with Crippen LogP contribution in [0.4, 0.5) is 10.1 Å². The molecule has 2 nitrogen and oxygen atoms in total. The van der Waals surface area contributed by atoms with E-state index in [2.05, 4.69) is 0 Å². The minimum absolute atomic E-state index is 0.277. The van der Waals surface area contributed by atoms with Crippen LogP contribution < -0.4 is 5.73 Å². The molecule has 0 radical (unpaired) electrons. The van der Waals surface area contributed by atoms with E-state index in [4.69, 9.17) is 10.8 Å². The zero-order valence-electron chi connectivity index (χ0n) is 6.21. The highest BCUT2D eigenvalue weighted by molar-refractivity contribution is 5.40. The molecular weight excluding hydrogens is 145 g/mol. The first kappa shape index (κ1) is 8.01. The lowest BCUT2D eigenvalue weighted by atomic mass is 10.1. The van der Waals surface area contributed by atoms with Gasteiger partial charge in [-0.1, -0.05) is 6.07 Å². The second-order valence-electron chi connectivity index (χ2n) is 2.46. The Kier molecular flexibility index (Phi) is 2.10. The third-order valence-corrected chi connectivity index (χ3v) is 1.47. The first-order valence-electron chi connectivity index (χ1n) is 3.34. The number of halogens is 1. The van der Waals surface area contributed by atoms with E-state index in [9.17, 15) is 4.39 Å². The van der Waals surface area contributed by atoms with Crippen molar-refractivity contribution < 1.29 is 9.50 Å². The molecule has 3 N–H and O–H groups in total. The average Bonchev–Trinajstić information content (AvgIpc) is 1.85. The lowest BCUT2D eigenvalue weighted by molar-refractivity contribution is 0.194. The van der Waals surface area contributed by atoms with E-state index in [0.717, 1.165) is 0 Å². The highest BCUT2D eigenvalue weighted by Gasteiger charge is 2.06. The Morgan fingerprint density at radius 3 is 2.64 bits per heavy atom. The number of nitrogen functional groups attached to an aromatic ring is 1. The monoisotopic (exact) mass is 155 g/mol. The fourth-order valence-electron chi connectivity index (χ4n) is 0.882. The Hall–Kier alpha value is -1.09. The zero-order valence-corrected chi connectivity index (χ0v) is 6.21. The molecule has 11 heavy (non-hydrogen) atoms. The van der Waals surface area contributed by atoms with Crippen molar-refractivity contribution in [2.24, 2.45) is 0 Å². The van der Waals surface area contributed by atoms with Gasteiger partial charge in [0.05, 0.1) is 6.10 Å². The van der Waals surface area contributed by atoms with Crippen LogP contribution in [0.2, 0.25) is 0 Å². The van der Waals surface area contributed by atoms with Gasteiger partial charge in [0.25, 0.3) is 0 Å². The van der Waals surface area contributed by atoms with Crippen molar-refractivity contribution in [2.45, 2.75) is 13.0 Å². The molecule has 1 aromatic rings. The molecular formula is C8H10FNO. The van der Waals surface area contributed by atoms with Gasteiger partial charge in [0, 0.05) is 11.3 Å². The fourth-order valence-corrected chi connectivity index (χ4v) is 0.882. The number of rotatable bonds is 1. The number of hydrogen-bond donors (Lipinski definition) is 2. The minimum Gasteiger partial charge on any atom is -0.399 e. The van der Waals surface area contributed by atoms with E-state index in [-0.39, 0.29) is 5.56 Å². The average molecular weight is 155 g/mol. The predicted octanol–water partition coefficient (Wildman–Crippen LogP) is 1.46. The van der Waals surface area contributed by atoms with Crippen molar-refractivity contribution in [1.29, 1.82) is 0 Å². The molecule has 0 aliphatic carbocycles. The molecule has 0 aliphatic rings. The third kappa shape index (κ3) is 1.68. The first-order chi connectivity index (χ1) is 5.11. The van der Waals surface area contributed by atoms with Gasteiger partial charge in [-0.05, 0) is 19.1 Å². The summed E-state index contributed by atoms with van der Waals surface area (Å²) in [5.41, 5.74) is 5.95. The summed E-state index contributed by atoms with van der Waals surface area (Å²) in [6.45, 7) is 1.51. The lowest BCUT2D eigenvalue weighted by Gasteiger charge is -2.05. The van der Waals surface area contributed by atoms with Crippen molar-refractivity contribution in [2.75, 3.05) is 5.73 Å². The molecule has 60 valence electrons. The van der Waals surface area contributed by atoms with Gasteiger partial charge in [0.1, 0.15) is 5.82 Å². The molecule has 0 saturated carbocycles. The van der Waals surface area contributed by atoms with Crippen LogP contribution in [0.5, 0.6) is 0 Å². The lowest BCUT2D eigenvalue weighted by Crippen LogP contribution is -1.96. The van der Waals surface area contributed by atoms with E-state index < -0.39 is 11.9 Å². The summed E-state index contributed by atoms with van der Waals surface area (Å²) in [6.07, 6.45) is -0.782. The zero-order chi connectivity index (χ0) is 8.43. The van der Waals surface area contributed by atoms with E-state index in [0.29, 0.717) is 5.69 Å². The quantitative estimate of drug-likeness (QED) is 0.603. The molecule has 1 rings (SSSR count). The molecule has 1 atom stereocenters. The van der Waals surface area contributed by atoms with Crippen LogP contribution in [0, 0.1) is 5.82 Å². The van der Waals surface area contributed by atoms with E-state index in [1.165, 1.54) is 19.1 Å². The summed E-state index contributed by atoms with van der Waals surface area (Å²) in [4.78, 5) is 0. The molecule has 0 bridgehead atoms. The first-order valence-corrected chi connectivity index (χ1v) is 3.34. The maximum absolute atomic E-state index is 12.9. The van der Waals surface area contributed by atoms with E-state index >= 15 is 0 Å². The van der Waals surface area contributed by atoms with Crippen molar-refractivity contribution in [1.82, 2.24) is 0 Å². The highest BCUT2D eigenvalue weighted by Crippen LogP contribution is 2.18. The molecule has 1 aromatic carbocycles. The van der Waals surface area contributed by atoms with Gasteiger partial charge in [-0.3, -0.25) is 0 Å². The van der Waals surface area contributed by atoms with Gasteiger partial charge in [-0.2, -0.15) is 0 Å². The Morgan fingerprint density at radius 2 is 2.18 bits per heavy atom. The van der Waals surface area contributed by atoms with Crippen LogP contribution in [0.1, 0.15) is 18.6 Å². The second-order valence-corrected chi connectivity index (χ2v) is 2.46. The van der Waals surface area contributed by atoms with Crippen molar-refractivity contribution in [3.05, 3.63) is 29.6 Å². The van der Waals surface area contributed by atoms with Gasteiger partial charge in [0.15, 0.2) is 0 Å². The van der Waals surface area contributed by atoms with Crippen LogP contribution in [0.25, 0.3) is 0 Å². The number of hydrogen-bond acceptors (Lipinski definition) is 2. The predicted molar refractivity (Wildman–Crippen MR) is 41.4 cm³/mol. The summed E-state index contributed by atoms with van der Waals surface area (Å²) < 4.78 is 12.9. The topological polar surface area (TPSA) is 46.2 Å². The van der Waals surface area contributed by atoms with Crippen LogP contribution in [0.15, 0.2) is 18.2 Å². The summed E-state index contributed by atoms with van der Waals surface area (Å²) in [6, 6.07) is 4.24. The van der Waals surface area contributed by atoms with Crippen molar-refractivity contribution in [3.8, 4) is 0 Å². The SMILES string of the molecule is CC(O)c1ccc(N)cc1F. The highest BCUT2D eigenvalue weighted by atomic mass is 19.1. The maximum atomic E-state index is 12.9. The minimum atomic E-state index is -0.782. The van der Waals surface area contributed by atoms with Crippen molar-refractivity contribution >= 4 is 5.69 Å². The Balaban J connectivity index is 3.09. The van der Waals surface area contributed by atoms with Gasteiger partial charge >= 0.3 is 0 Å². The molecule has 3 heteroatoms. The number of anilines is 1. The Bertz CT molecular complexity index is 260. The molecule has 0 aliphatic heterocycles. The van der Waals surface area contributed by atoms with Gasteiger partial charge in [0.2, 0.25) is 0 Å². The molecule has 0 fully saturated rings. The molecule has 0 amide bonds. The van der Waals surface area contributed by atoms with Crippen LogP contribution in [0.3, 0.4) is 0 Å². The normalized spacial score (nSPS) is 13.0. The molecule has 0 aromatic heterocycles. The van der Waals surface area contributed by atoms with Gasteiger partial charge < -0.3 is 10.8 Å². The number of aliphatic hydroxyl groups excluding tert-OH is 1. The third-order valence-electron chi connectivity index (χ3n) is 1.47. The Morgan fingerprint density at radius 1 is 1.55 bits per heavy atom. The van der Waals surface area contributed by atoms with E-state index in [1.54, 1.807) is 6.07 Å². The van der Waals surface area contributed by atoms with E-state index in [1.807, 2.05) is 0 Å². The fraction of sp³-hybridized carbons (Fsp3) is 0.250. The van der Waals surface area contributed by atoms with Crippen LogP contribution in [-0.2, 0) is 0 Å². The molecule has 1 unspecified atom stereocenters. The molecule has 0 saturated heterocycles. The summed E-state index contributed by atoms with van der Waals surface area (Å²) in [5.74, 6) is -0.458. The largest absolute Gasteiger partial charge is 0.399 e. The standard InChI is InChI=1S/C8H10FNO/c1-5(11)7-3-2-6(10)4-8(7)9/h2-5,11H,10H2,1H3. The summed E-state index contributed by atoms with van der Waals surface area (Å²) in [5, 5.41) is 9.01. The number of aliphatic hydroxyl groups is 1.